The van der Waals surface area contributed by atoms with Crippen LogP contribution in [-0.4, -0.2) is 11.7 Å². The van der Waals surface area contributed by atoms with Crippen molar-refractivity contribution in [2.24, 2.45) is 0 Å². The third-order valence-corrected chi connectivity index (χ3v) is 4.09. The molecule has 0 atom stereocenters. The van der Waals surface area contributed by atoms with Crippen LogP contribution in [-0.2, 0) is 0 Å². The van der Waals surface area contributed by atoms with Crippen molar-refractivity contribution < 1.29 is 14.3 Å². The fraction of sp³-hybridized carbons (Fsp3) is 0.0455. The normalized spacial score (nSPS) is 11.4. The van der Waals surface area contributed by atoms with Crippen LogP contribution in [0.5, 0.6) is 11.5 Å². The summed E-state index contributed by atoms with van der Waals surface area (Å²) in [6.45, 7) is 0.331. The van der Waals surface area contributed by atoms with Crippen molar-refractivity contribution in [3.8, 4) is 11.5 Å². The smallest absolute Gasteiger partial charge is 0.204 e. The van der Waals surface area contributed by atoms with Crippen molar-refractivity contribution in [1.29, 1.82) is 0 Å². The Morgan fingerprint density at radius 1 is 0.962 bits per heavy atom. The third-order valence-electron chi connectivity index (χ3n) is 4.09. The van der Waals surface area contributed by atoms with Gasteiger partial charge in [-0.05, 0) is 23.8 Å². The minimum atomic E-state index is -0.255. The van der Waals surface area contributed by atoms with E-state index >= 15 is 0 Å². The first-order valence-electron chi connectivity index (χ1n) is 8.25. The Morgan fingerprint density at radius 3 is 2.58 bits per heavy atom. The Labute approximate surface area is 149 Å². The molecule has 0 fully saturated rings. The largest absolute Gasteiger partial charge is 0.507 e. The molecule has 4 heteroatoms. The summed E-state index contributed by atoms with van der Waals surface area (Å²) in [5.74, 6) is 0.287. The van der Waals surface area contributed by atoms with E-state index in [9.17, 15) is 9.90 Å². The molecular weight excluding hydrogens is 328 g/mol. The van der Waals surface area contributed by atoms with Gasteiger partial charge in [-0.15, -0.1) is 0 Å². The standard InChI is InChI=1S/C22H16O4/c23-18-13-16(25-12-6-9-15-7-2-1-3-8-15)14-20-21(18)22(24)17-10-4-5-11-19(17)26-20/h1-11,13-14,23H,12H2/b9-6+. The second-order valence-electron chi connectivity index (χ2n) is 5.87. The molecular formula is C22H16O4. The third kappa shape index (κ3) is 3.05. The van der Waals surface area contributed by atoms with Gasteiger partial charge in [-0.2, -0.15) is 0 Å². The number of hydrogen-bond acceptors (Lipinski definition) is 4. The minimum absolute atomic E-state index is 0.149. The van der Waals surface area contributed by atoms with Crippen molar-refractivity contribution in [1.82, 2.24) is 0 Å². The molecule has 0 radical (unpaired) electrons. The first-order chi connectivity index (χ1) is 12.7. The van der Waals surface area contributed by atoms with E-state index in [1.807, 2.05) is 42.5 Å². The SMILES string of the molecule is O=c1c2ccccc2oc2cc(OC/C=C/c3ccccc3)cc(O)c12. The number of phenols is 1. The molecule has 0 aliphatic carbocycles. The number of phenolic OH excluding ortho intramolecular Hbond substituents is 1. The van der Waals surface area contributed by atoms with E-state index < -0.39 is 0 Å². The van der Waals surface area contributed by atoms with Crippen molar-refractivity contribution in [3.63, 3.8) is 0 Å². The van der Waals surface area contributed by atoms with Crippen LogP contribution in [0.25, 0.3) is 28.0 Å². The fourth-order valence-electron chi connectivity index (χ4n) is 2.86. The maximum absolute atomic E-state index is 12.6. The van der Waals surface area contributed by atoms with Crippen LogP contribution in [0, 0.1) is 0 Å². The molecule has 1 aromatic heterocycles. The van der Waals surface area contributed by atoms with Gasteiger partial charge in [-0.25, -0.2) is 0 Å². The molecule has 0 spiro atoms. The van der Waals surface area contributed by atoms with E-state index in [0.717, 1.165) is 5.56 Å². The Morgan fingerprint density at radius 2 is 1.73 bits per heavy atom. The van der Waals surface area contributed by atoms with Crippen molar-refractivity contribution in [3.05, 3.63) is 88.6 Å². The van der Waals surface area contributed by atoms with Gasteiger partial charge in [-0.3, -0.25) is 4.79 Å². The summed E-state index contributed by atoms with van der Waals surface area (Å²) < 4.78 is 11.4. The van der Waals surface area contributed by atoms with E-state index in [-0.39, 0.29) is 16.6 Å². The van der Waals surface area contributed by atoms with Gasteiger partial charge in [0, 0.05) is 12.1 Å². The van der Waals surface area contributed by atoms with Gasteiger partial charge < -0.3 is 14.3 Å². The van der Waals surface area contributed by atoms with Crippen LogP contribution in [0.4, 0.5) is 0 Å². The van der Waals surface area contributed by atoms with Crippen molar-refractivity contribution >= 4 is 28.0 Å². The summed E-state index contributed by atoms with van der Waals surface area (Å²) in [4.78, 5) is 12.6. The quantitative estimate of drug-likeness (QED) is 0.543. The number of benzene rings is 3. The van der Waals surface area contributed by atoms with Gasteiger partial charge in [0.05, 0.1) is 5.39 Å². The van der Waals surface area contributed by atoms with Crippen LogP contribution in [0.3, 0.4) is 0 Å². The number of ether oxygens (including phenoxy) is 1. The molecule has 0 unspecified atom stereocenters. The lowest BCUT2D eigenvalue weighted by Crippen LogP contribution is -2.03. The summed E-state index contributed by atoms with van der Waals surface area (Å²) >= 11 is 0. The predicted octanol–water partition coefficient (Wildman–Crippen LogP) is 4.74. The summed E-state index contributed by atoms with van der Waals surface area (Å²) in [6, 6.07) is 19.9. The number of aromatic hydroxyl groups is 1. The molecule has 1 N–H and O–H groups in total. The summed E-state index contributed by atoms with van der Waals surface area (Å²) in [7, 11) is 0. The second-order valence-corrected chi connectivity index (χ2v) is 5.87. The van der Waals surface area contributed by atoms with Crippen LogP contribution in [0.1, 0.15) is 5.56 Å². The highest BCUT2D eigenvalue weighted by Gasteiger charge is 2.13. The minimum Gasteiger partial charge on any atom is -0.507 e. The molecule has 1 heterocycles. The van der Waals surface area contributed by atoms with E-state index in [0.29, 0.717) is 28.9 Å². The zero-order chi connectivity index (χ0) is 17.9. The topological polar surface area (TPSA) is 59.7 Å². The molecule has 4 nitrogen and oxygen atoms in total. The van der Waals surface area contributed by atoms with Gasteiger partial charge in [0.25, 0.3) is 0 Å². The van der Waals surface area contributed by atoms with Gasteiger partial charge in [0.15, 0.2) is 0 Å². The van der Waals surface area contributed by atoms with Crippen LogP contribution in [0.2, 0.25) is 0 Å². The molecule has 0 bridgehead atoms. The lowest BCUT2D eigenvalue weighted by atomic mass is 10.1. The molecule has 128 valence electrons. The monoisotopic (exact) mass is 344 g/mol. The Bertz CT molecular complexity index is 1160. The average Bonchev–Trinajstić information content (AvgIpc) is 2.66. The summed E-state index contributed by atoms with van der Waals surface area (Å²) in [5, 5.41) is 10.9. The lowest BCUT2D eigenvalue weighted by Gasteiger charge is -2.07. The fourth-order valence-corrected chi connectivity index (χ4v) is 2.86. The van der Waals surface area contributed by atoms with E-state index in [2.05, 4.69) is 0 Å². The Hall–Kier alpha value is -3.53. The molecule has 4 aromatic rings. The first kappa shape index (κ1) is 16.0. The zero-order valence-electron chi connectivity index (χ0n) is 13.9. The zero-order valence-corrected chi connectivity index (χ0v) is 13.9. The van der Waals surface area contributed by atoms with Crippen molar-refractivity contribution in [2.75, 3.05) is 6.61 Å². The van der Waals surface area contributed by atoms with Gasteiger partial charge >= 0.3 is 0 Å². The maximum atomic E-state index is 12.6. The average molecular weight is 344 g/mol. The van der Waals surface area contributed by atoms with Gasteiger partial charge in [0.2, 0.25) is 5.43 Å². The second kappa shape index (κ2) is 6.76. The molecule has 0 aliphatic heterocycles. The van der Waals surface area contributed by atoms with E-state index in [1.165, 1.54) is 6.07 Å². The van der Waals surface area contributed by atoms with E-state index in [4.69, 9.17) is 9.15 Å². The summed E-state index contributed by atoms with van der Waals surface area (Å²) in [6.07, 6.45) is 3.83. The number of fused-ring (bicyclic) bond motifs is 2. The predicted molar refractivity (Wildman–Crippen MR) is 103 cm³/mol. The number of rotatable bonds is 4. The maximum Gasteiger partial charge on any atom is 0.204 e. The molecule has 0 saturated heterocycles. The van der Waals surface area contributed by atoms with E-state index in [1.54, 1.807) is 30.3 Å². The van der Waals surface area contributed by atoms with Crippen molar-refractivity contribution in [2.45, 2.75) is 0 Å². The van der Waals surface area contributed by atoms with Gasteiger partial charge in [0.1, 0.15) is 34.7 Å². The van der Waals surface area contributed by atoms with Crippen LogP contribution >= 0.6 is 0 Å². The molecule has 0 saturated carbocycles. The summed E-state index contributed by atoms with van der Waals surface area (Å²) in [5.41, 5.74) is 1.60. The molecule has 4 rings (SSSR count). The molecule has 3 aromatic carbocycles. The molecule has 26 heavy (non-hydrogen) atoms. The Balaban J connectivity index is 1.63. The van der Waals surface area contributed by atoms with Gasteiger partial charge in [-0.1, -0.05) is 48.5 Å². The van der Waals surface area contributed by atoms with Crippen LogP contribution in [0.15, 0.2) is 82.0 Å². The highest BCUT2D eigenvalue weighted by molar-refractivity contribution is 5.93. The number of para-hydroxylation sites is 1. The molecule has 0 amide bonds. The Kier molecular flexibility index (Phi) is 4.15. The lowest BCUT2D eigenvalue weighted by molar-refractivity contribution is 0.360. The van der Waals surface area contributed by atoms with Crippen LogP contribution < -0.4 is 10.2 Å². The first-order valence-corrected chi connectivity index (χ1v) is 8.25. The highest BCUT2D eigenvalue weighted by Crippen LogP contribution is 2.30. The highest BCUT2D eigenvalue weighted by atomic mass is 16.5. The number of hydrogen-bond donors (Lipinski definition) is 1. The molecule has 0 aliphatic rings.